The van der Waals surface area contributed by atoms with Gasteiger partial charge in [-0.15, -0.1) is 0 Å². The molecule has 0 atom stereocenters. The fourth-order valence-corrected chi connectivity index (χ4v) is 1.88. The van der Waals surface area contributed by atoms with Crippen LogP contribution in [0.3, 0.4) is 0 Å². The van der Waals surface area contributed by atoms with Gasteiger partial charge < -0.3 is 14.9 Å². The van der Waals surface area contributed by atoms with Gasteiger partial charge in [-0.25, -0.2) is 9.78 Å². The van der Waals surface area contributed by atoms with Crippen molar-refractivity contribution < 1.29 is 19.7 Å². The number of hydrogen-bond donors (Lipinski definition) is 2. The molecule has 6 heteroatoms. The zero-order valence-electron chi connectivity index (χ0n) is 9.92. The summed E-state index contributed by atoms with van der Waals surface area (Å²) in [5, 5.41) is 18.9. The van der Waals surface area contributed by atoms with Gasteiger partial charge in [0.15, 0.2) is 0 Å². The molecule has 19 heavy (non-hydrogen) atoms. The highest BCUT2D eigenvalue weighted by molar-refractivity contribution is 6.33. The first-order chi connectivity index (χ1) is 9.02. The molecule has 0 aliphatic rings. The number of phenols is 1. The molecule has 0 unspecified atom stereocenters. The lowest BCUT2D eigenvalue weighted by atomic mass is 10.1. The molecule has 1 aromatic carbocycles. The fraction of sp³-hybridized carbons (Fsp3) is 0.0769. The summed E-state index contributed by atoms with van der Waals surface area (Å²) in [4.78, 5) is 15.0. The molecule has 0 saturated carbocycles. The molecule has 0 amide bonds. The molecule has 2 rings (SSSR count). The summed E-state index contributed by atoms with van der Waals surface area (Å²) in [5.74, 6) is -1.10. The first-order valence-corrected chi connectivity index (χ1v) is 5.67. The Labute approximate surface area is 114 Å². The number of benzene rings is 1. The van der Waals surface area contributed by atoms with E-state index >= 15 is 0 Å². The van der Waals surface area contributed by atoms with Crippen LogP contribution in [0, 0.1) is 0 Å². The van der Waals surface area contributed by atoms with Crippen LogP contribution in [0.25, 0.3) is 11.1 Å². The Kier molecular flexibility index (Phi) is 3.57. The van der Waals surface area contributed by atoms with E-state index in [9.17, 15) is 9.90 Å². The predicted molar refractivity (Wildman–Crippen MR) is 69.9 cm³/mol. The van der Waals surface area contributed by atoms with Crippen LogP contribution >= 0.6 is 11.6 Å². The third kappa shape index (κ3) is 2.61. The van der Waals surface area contributed by atoms with E-state index in [0.29, 0.717) is 16.1 Å². The van der Waals surface area contributed by atoms with E-state index in [2.05, 4.69) is 4.98 Å². The van der Waals surface area contributed by atoms with Crippen molar-refractivity contribution in [2.45, 2.75) is 0 Å². The minimum Gasteiger partial charge on any atom is -0.508 e. The number of pyridine rings is 1. The van der Waals surface area contributed by atoms with Gasteiger partial charge in [-0.1, -0.05) is 11.6 Å². The Balaban J connectivity index is 2.60. The van der Waals surface area contributed by atoms with E-state index in [-0.39, 0.29) is 17.2 Å². The lowest BCUT2D eigenvalue weighted by molar-refractivity contribution is 0.0692. The average molecular weight is 280 g/mol. The summed E-state index contributed by atoms with van der Waals surface area (Å²) < 4.78 is 4.88. The van der Waals surface area contributed by atoms with Crippen molar-refractivity contribution in [2.75, 3.05) is 7.11 Å². The van der Waals surface area contributed by atoms with Crippen LogP contribution in [0.1, 0.15) is 10.4 Å². The normalized spacial score (nSPS) is 10.2. The van der Waals surface area contributed by atoms with Crippen molar-refractivity contribution in [3.05, 3.63) is 41.0 Å². The van der Waals surface area contributed by atoms with Gasteiger partial charge in [0.25, 0.3) is 0 Å². The van der Waals surface area contributed by atoms with Gasteiger partial charge in [-0.05, 0) is 24.3 Å². The predicted octanol–water partition coefficient (Wildman–Crippen LogP) is 2.81. The molecular weight excluding hydrogens is 270 g/mol. The third-order valence-corrected chi connectivity index (χ3v) is 2.87. The van der Waals surface area contributed by atoms with Gasteiger partial charge in [0, 0.05) is 22.3 Å². The number of aromatic carboxylic acids is 1. The van der Waals surface area contributed by atoms with E-state index < -0.39 is 5.97 Å². The number of phenolic OH excluding ortho intramolecular Hbond substituents is 1. The number of nitrogens with zero attached hydrogens (tertiary/aromatic N) is 1. The molecule has 0 fully saturated rings. The lowest BCUT2D eigenvalue weighted by Crippen LogP contribution is -2.02. The molecule has 0 aliphatic heterocycles. The lowest BCUT2D eigenvalue weighted by Gasteiger charge is -2.08. The largest absolute Gasteiger partial charge is 0.508 e. The SMILES string of the molecule is COc1ncc(-c2cc(O)ccc2Cl)cc1C(=O)O. The van der Waals surface area contributed by atoms with Crippen molar-refractivity contribution in [1.29, 1.82) is 0 Å². The van der Waals surface area contributed by atoms with Crippen LogP contribution in [-0.2, 0) is 0 Å². The summed E-state index contributed by atoms with van der Waals surface area (Å²) >= 11 is 6.02. The van der Waals surface area contributed by atoms with Gasteiger partial charge in [0.1, 0.15) is 11.3 Å². The molecule has 0 radical (unpaired) electrons. The van der Waals surface area contributed by atoms with Gasteiger partial charge >= 0.3 is 5.97 Å². The second-order valence-corrected chi connectivity index (χ2v) is 4.16. The van der Waals surface area contributed by atoms with Crippen LogP contribution in [0.5, 0.6) is 11.6 Å². The molecule has 2 aromatic rings. The molecule has 5 nitrogen and oxygen atoms in total. The first-order valence-electron chi connectivity index (χ1n) is 5.29. The highest BCUT2D eigenvalue weighted by Crippen LogP contribution is 2.32. The van der Waals surface area contributed by atoms with Crippen LogP contribution in [0.2, 0.25) is 5.02 Å². The minimum absolute atomic E-state index is 0.0209. The van der Waals surface area contributed by atoms with Crippen molar-refractivity contribution >= 4 is 17.6 Å². The minimum atomic E-state index is -1.15. The van der Waals surface area contributed by atoms with E-state index in [0.717, 1.165) is 0 Å². The Hall–Kier alpha value is -2.27. The van der Waals surface area contributed by atoms with Crippen LogP contribution in [-0.4, -0.2) is 28.3 Å². The Morgan fingerprint density at radius 1 is 1.37 bits per heavy atom. The molecule has 0 bridgehead atoms. The molecule has 1 aromatic heterocycles. The fourth-order valence-electron chi connectivity index (χ4n) is 1.65. The Morgan fingerprint density at radius 3 is 2.74 bits per heavy atom. The summed E-state index contributed by atoms with van der Waals surface area (Å²) in [6, 6.07) is 5.81. The van der Waals surface area contributed by atoms with Crippen molar-refractivity contribution in [3.8, 4) is 22.8 Å². The number of carbonyl (C=O) groups is 1. The average Bonchev–Trinajstić information content (AvgIpc) is 2.40. The van der Waals surface area contributed by atoms with E-state index in [4.69, 9.17) is 21.4 Å². The van der Waals surface area contributed by atoms with Gasteiger partial charge in [0.05, 0.1) is 7.11 Å². The molecular formula is C13H10ClNO4. The second-order valence-electron chi connectivity index (χ2n) is 3.75. The number of methoxy groups -OCH3 is 1. The van der Waals surface area contributed by atoms with Crippen molar-refractivity contribution in [1.82, 2.24) is 4.98 Å². The third-order valence-electron chi connectivity index (χ3n) is 2.54. The Morgan fingerprint density at radius 2 is 2.11 bits per heavy atom. The van der Waals surface area contributed by atoms with E-state index in [1.54, 1.807) is 0 Å². The van der Waals surface area contributed by atoms with Gasteiger partial charge in [-0.2, -0.15) is 0 Å². The summed E-state index contributed by atoms with van der Waals surface area (Å²) in [6.07, 6.45) is 1.44. The molecule has 98 valence electrons. The number of carboxylic acids is 1. The molecule has 0 saturated heterocycles. The first kappa shape index (κ1) is 13.2. The number of carboxylic acid groups (broad SMARTS) is 1. The van der Waals surface area contributed by atoms with E-state index in [1.807, 2.05) is 0 Å². The quantitative estimate of drug-likeness (QED) is 0.903. The molecule has 0 aliphatic carbocycles. The maximum absolute atomic E-state index is 11.1. The van der Waals surface area contributed by atoms with Crippen molar-refractivity contribution in [3.63, 3.8) is 0 Å². The van der Waals surface area contributed by atoms with Gasteiger partial charge in [-0.3, -0.25) is 0 Å². The van der Waals surface area contributed by atoms with Crippen LogP contribution in [0.4, 0.5) is 0 Å². The second kappa shape index (κ2) is 5.16. The summed E-state index contributed by atoms with van der Waals surface area (Å²) in [5.41, 5.74) is 0.915. The van der Waals surface area contributed by atoms with Crippen LogP contribution in [0.15, 0.2) is 30.5 Å². The maximum atomic E-state index is 11.1. The number of ether oxygens (including phenoxy) is 1. The topological polar surface area (TPSA) is 79.7 Å². The van der Waals surface area contributed by atoms with Gasteiger partial charge in [0.2, 0.25) is 5.88 Å². The summed E-state index contributed by atoms with van der Waals surface area (Å²) in [7, 11) is 1.34. The van der Waals surface area contributed by atoms with Crippen molar-refractivity contribution in [2.24, 2.45) is 0 Å². The highest BCUT2D eigenvalue weighted by Gasteiger charge is 2.15. The zero-order valence-corrected chi connectivity index (χ0v) is 10.7. The monoisotopic (exact) mass is 279 g/mol. The number of hydrogen-bond acceptors (Lipinski definition) is 4. The zero-order chi connectivity index (χ0) is 14.0. The number of aromatic nitrogens is 1. The highest BCUT2D eigenvalue weighted by atomic mass is 35.5. The van der Waals surface area contributed by atoms with E-state index in [1.165, 1.54) is 37.6 Å². The standard InChI is InChI=1S/C13H10ClNO4/c1-19-12-10(13(17)18)4-7(6-15-12)9-5-8(16)2-3-11(9)14/h2-6,16H,1H3,(H,17,18). The number of halogens is 1. The molecule has 2 N–H and O–H groups in total. The molecule has 0 spiro atoms. The Bertz CT molecular complexity index is 643. The number of rotatable bonds is 3. The number of aromatic hydroxyl groups is 1. The molecule has 1 heterocycles. The summed E-state index contributed by atoms with van der Waals surface area (Å²) in [6.45, 7) is 0. The maximum Gasteiger partial charge on any atom is 0.341 e. The van der Waals surface area contributed by atoms with Crippen LogP contribution < -0.4 is 4.74 Å². The smallest absolute Gasteiger partial charge is 0.341 e.